The number of hydrogen-bond donors (Lipinski definition) is 0. The smallest absolute Gasteiger partial charge is 0.182 e. The molecular formula is C20H25O3-. The van der Waals surface area contributed by atoms with Crippen LogP contribution in [0.1, 0.15) is 45.4 Å². The van der Waals surface area contributed by atoms with E-state index < -0.39 is 5.97 Å². The van der Waals surface area contributed by atoms with Crippen molar-refractivity contribution in [1.82, 2.24) is 0 Å². The number of allylic oxidation sites excluding steroid dienone is 10. The normalized spacial score (nSPS) is 20.0. The minimum absolute atomic E-state index is 0.0779. The summed E-state index contributed by atoms with van der Waals surface area (Å²) in [6.45, 7) is 2.10. The first kappa shape index (κ1) is 18.9. The average molecular weight is 313 g/mol. The van der Waals surface area contributed by atoms with Crippen molar-refractivity contribution in [3.8, 4) is 0 Å². The molecule has 0 aliphatic heterocycles. The quantitative estimate of drug-likeness (QED) is 0.352. The van der Waals surface area contributed by atoms with Crippen LogP contribution in [-0.4, -0.2) is 11.8 Å². The molecule has 0 N–H and O–H groups in total. The summed E-state index contributed by atoms with van der Waals surface area (Å²) in [7, 11) is 0. The molecule has 0 aromatic carbocycles. The summed E-state index contributed by atoms with van der Waals surface area (Å²) in [4.78, 5) is 22.2. The molecule has 124 valence electrons. The molecule has 0 aromatic heterocycles. The van der Waals surface area contributed by atoms with E-state index in [0.29, 0.717) is 6.42 Å². The monoisotopic (exact) mass is 313 g/mol. The number of ketones is 1. The van der Waals surface area contributed by atoms with Crippen LogP contribution >= 0.6 is 0 Å². The first-order chi connectivity index (χ1) is 11.1. The van der Waals surface area contributed by atoms with E-state index in [0.717, 1.165) is 31.3 Å². The number of aliphatic carboxylic acids is 1. The highest BCUT2D eigenvalue weighted by atomic mass is 16.4. The van der Waals surface area contributed by atoms with E-state index >= 15 is 0 Å². The molecule has 0 saturated heterocycles. The Hall–Kier alpha value is -2.16. The van der Waals surface area contributed by atoms with Crippen LogP contribution in [0.15, 0.2) is 60.3 Å². The zero-order valence-corrected chi connectivity index (χ0v) is 13.7. The molecule has 0 unspecified atom stereocenters. The van der Waals surface area contributed by atoms with Gasteiger partial charge in [-0.2, -0.15) is 0 Å². The topological polar surface area (TPSA) is 57.2 Å². The Kier molecular flexibility index (Phi) is 9.37. The van der Waals surface area contributed by atoms with Gasteiger partial charge >= 0.3 is 0 Å². The Morgan fingerprint density at radius 1 is 1.22 bits per heavy atom. The van der Waals surface area contributed by atoms with Gasteiger partial charge in [-0.05, 0) is 44.6 Å². The van der Waals surface area contributed by atoms with Gasteiger partial charge < -0.3 is 9.90 Å². The molecule has 0 fully saturated rings. The fraction of sp³-hybridized carbons (Fsp3) is 0.400. The summed E-state index contributed by atoms with van der Waals surface area (Å²) in [5, 5.41) is 10.3. The number of unbranched alkanes of at least 4 members (excludes halogenated alkanes) is 1. The second-order valence-electron chi connectivity index (χ2n) is 5.47. The predicted octanol–water partition coefficient (Wildman–Crippen LogP) is 3.45. The standard InChI is InChI=1S/C20H26O3/c1-2-3-4-5-6-10-13-18-17(15-16-19(18)21)12-9-7-8-11-14-20(22)23/h3-4,6-7,9-10,13,15-17H,2,5,8,11-12,14H2,1H3,(H,22,23)/p-1/b4-3-,9-7-,10-6+,18-13+/t17-/m0/s1. The number of carbonyl (C=O) groups is 2. The Balaban J connectivity index is 2.42. The molecule has 0 heterocycles. The maximum atomic E-state index is 11.9. The molecule has 0 saturated carbocycles. The lowest BCUT2D eigenvalue weighted by Crippen LogP contribution is -2.21. The van der Waals surface area contributed by atoms with Gasteiger partial charge in [-0.25, -0.2) is 0 Å². The molecule has 3 nitrogen and oxygen atoms in total. The summed E-state index contributed by atoms with van der Waals surface area (Å²) in [5.41, 5.74) is 0.820. The van der Waals surface area contributed by atoms with Gasteiger partial charge in [0.25, 0.3) is 0 Å². The van der Waals surface area contributed by atoms with Gasteiger partial charge in [0.15, 0.2) is 5.78 Å². The maximum absolute atomic E-state index is 11.9. The summed E-state index contributed by atoms with van der Waals surface area (Å²) in [6.07, 6.45) is 21.8. The third kappa shape index (κ3) is 8.15. The average Bonchev–Trinajstić information content (AvgIpc) is 2.86. The van der Waals surface area contributed by atoms with E-state index in [4.69, 9.17) is 0 Å². The fourth-order valence-corrected chi connectivity index (χ4v) is 2.31. The second-order valence-corrected chi connectivity index (χ2v) is 5.47. The van der Waals surface area contributed by atoms with E-state index in [1.807, 2.05) is 36.5 Å². The molecule has 23 heavy (non-hydrogen) atoms. The van der Waals surface area contributed by atoms with Crippen LogP contribution in [0.2, 0.25) is 0 Å². The maximum Gasteiger partial charge on any atom is 0.182 e. The highest BCUT2D eigenvalue weighted by Gasteiger charge is 2.20. The Bertz CT molecular complexity index is 533. The van der Waals surface area contributed by atoms with Crippen molar-refractivity contribution in [2.45, 2.75) is 45.4 Å². The first-order valence-corrected chi connectivity index (χ1v) is 8.24. The van der Waals surface area contributed by atoms with Crippen molar-refractivity contribution >= 4 is 11.8 Å². The fourth-order valence-electron chi connectivity index (χ4n) is 2.31. The highest BCUT2D eigenvalue weighted by Crippen LogP contribution is 2.25. The molecule has 0 bridgehead atoms. The summed E-state index contributed by atoms with van der Waals surface area (Å²) < 4.78 is 0. The highest BCUT2D eigenvalue weighted by molar-refractivity contribution is 6.07. The number of rotatable bonds is 10. The van der Waals surface area contributed by atoms with Crippen LogP contribution in [0.5, 0.6) is 0 Å². The van der Waals surface area contributed by atoms with Gasteiger partial charge in [0, 0.05) is 17.5 Å². The molecule has 0 radical (unpaired) electrons. The van der Waals surface area contributed by atoms with Crippen molar-refractivity contribution in [1.29, 1.82) is 0 Å². The van der Waals surface area contributed by atoms with Crippen molar-refractivity contribution in [2.24, 2.45) is 5.92 Å². The molecule has 0 amide bonds. The van der Waals surface area contributed by atoms with Gasteiger partial charge in [-0.3, -0.25) is 4.79 Å². The number of carbonyl (C=O) groups excluding carboxylic acids is 2. The number of hydrogen-bond acceptors (Lipinski definition) is 3. The van der Waals surface area contributed by atoms with Crippen LogP contribution < -0.4 is 5.11 Å². The van der Waals surface area contributed by atoms with E-state index in [2.05, 4.69) is 19.1 Å². The predicted molar refractivity (Wildman–Crippen MR) is 91.5 cm³/mol. The van der Waals surface area contributed by atoms with Crippen LogP contribution in [0.25, 0.3) is 0 Å². The van der Waals surface area contributed by atoms with Crippen molar-refractivity contribution in [3.05, 3.63) is 60.3 Å². The third-order valence-electron chi connectivity index (χ3n) is 3.56. The minimum Gasteiger partial charge on any atom is -0.550 e. The SMILES string of the molecule is CC/C=C\C/C=C/C=C1/C(=O)C=C[C@@H]1C/C=C\CCCC(=O)[O-]. The van der Waals surface area contributed by atoms with E-state index in [9.17, 15) is 14.7 Å². The zero-order valence-electron chi connectivity index (χ0n) is 13.7. The minimum atomic E-state index is -1.01. The molecule has 0 spiro atoms. The van der Waals surface area contributed by atoms with Crippen LogP contribution in [0.3, 0.4) is 0 Å². The summed E-state index contributed by atoms with van der Waals surface area (Å²) in [5.74, 6) is -0.807. The number of carboxylic acid groups (broad SMARTS) is 1. The Morgan fingerprint density at radius 3 is 2.78 bits per heavy atom. The van der Waals surface area contributed by atoms with Crippen LogP contribution in [0.4, 0.5) is 0 Å². The third-order valence-corrected chi connectivity index (χ3v) is 3.56. The lowest BCUT2D eigenvalue weighted by Gasteiger charge is -2.06. The Labute approximate surface area is 138 Å². The molecule has 1 atom stereocenters. The van der Waals surface area contributed by atoms with Crippen molar-refractivity contribution in [2.75, 3.05) is 0 Å². The first-order valence-electron chi connectivity index (χ1n) is 8.24. The largest absolute Gasteiger partial charge is 0.550 e. The molecular weight excluding hydrogens is 288 g/mol. The van der Waals surface area contributed by atoms with Gasteiger partial charge in [-0.1, -0.05) is 55.5 Å². The van der Waals surface area contributed by atoms with Crippen molar-refractivity contribution < 1.29 is 14.7 Å². The van der Waals surface area contributed by atoms with Crippen LogP contribution in [0, 0.1) is 5.92 Å². The zero-order chi connectivity index (χ0) is 16.9. The van der Waals surface area contributed by atoms with E-state index in [1.165, 1.54) is 0 Å². The second kappa shape index (κ2) is 11.4. The van der Waals surface area contributed by atoms with Gasteiger partial charge in [-0.15, -0.1) is 0 Å². The molecule has 1 rings (SSSR count). The van der Waals surface area contributed by atoms with Crippen LogP contribution in [-0.2, 0) is 9.59 Å². The van der Waals surface area contributed by atoms with Crippen molar-refractivity contribution in [3.63, 3.8) is 0 Å². The van der Waals surface area contributed by atoms with Gasteiger partial charge in [0.2, 0.25) is 0 Å². The molecule has 0 aromatic rings. The van der Waals surface area contributed by atoms with E-state index in [1.54, 1.807) is 6.08 Å². The summed E-state index contributed by atoms with van der Waals surface area (Å²) in [6, 6.07) is 0. The lowest BCUT2D eigenvalue weighted by molar-refractivity contribution is -0.305. The molecule has 3 heteroatoms. The number of carboxylic acids is 1. The van der Waals surface area contributed by atoms with Gasteiger partial charge in [0.1, 0.15) is 0 Å². The van der Waals surface area contributed by atoms with E-state index in [-0.39, 0.29) is 18.1 Å². The molecule has 1 aliphatic rings. The van der Waals surface area contributed by atoms with Gasteiger partial charge in [0.05, 0.1) is 0 Å². The molecule has 1 aliphatic carbocycles. The lowest BCUT2D eigenvalue weighted by atomic mass is 9.97. The summed E-state index contributed by atoms with van der Waals surface area (Å²) >= 11 is 0. The Morgan fingerprint density at radius 2 is 2.04 bits per heavy atom.